The Kier molecular flexibility index (Phi) is 15.3. The molecule has 1 radical (unpaired) electrons. The molecule has 0 aromatic heterocycles. The van der Waals surface area contributed by atoms with E-state index < -0.39 is 0 Å². The quantitative estimate of drug-likeness (QED) is 0.647. The topological polar surface area (TPSA) is 72.4 Å². The molecule has 0 bridgehead atoms. The Balaban J connectivity index is -0.000000284. The Morgan fingerprint density at radius 1 is 1.21 bits per heavy atom. The van der Waals surface area contributed by atoms with Crippen LogP contribution in [0.5, 0.6) is 0 Å². The van der Waals surface area contributed by atoms with Gasteiger partial charge in [-0.15, -0.1) is 0 Å². The second-order valence-corrected chi connectivity index (χ2v) is 2.52. The predicted octanol–water partition coefficient (Wildman–Crippen LogP) is 1.47. The van der Waals surface area contributed by atoms with E-state index in [2.05, 4.69) is 0 Å². The number of hydrogen-bond acceptors (Lipinski definition) is 2. The number of benzene rings is 1. The Hall–Kier alpha value is -0.0800. The van der Waals surface area contributed by atoms with E-state index in [1.807, 2.05) is 12.9 Å². The minimum Gasteiger partial charge on any atom is -0.412 e. The van der Waals surface area contributed by atoms with Crippen molar-refractivity contribution in [1.29, 1.82) is 5.26 Å². The van der Waals surface area contributed by atoms with Gasteiger partial charge in [0.05, 0.1) is 15.6 Å². The molecule has 71 valence electrons. The van der Waals surface area contributed by atoms with E-state index >= 15 is 0 Å². The van der Waals surface area contributed by atoms with Crippen molar-refractivity contribution in [2.45, 2.75) is 0 Å². The van der Waals surface area contributed by atoms with Crippen LogP contribution in [-0.2, 0) is 4.79 Å². The Morgan fingerprint density at radius 2 is 1.57 bits per heavy atom. The van der Waals surface area contributed by atoms with Crippen LogP contribution in [0.4, 0.5) is 0 Å². The van der Waals surface area contributed by atoms with Crippen molar-refractivity contribution < 1.29 is 10.3 Å². The van der Waals surface area contributed by atoms with Gasteiger partial charge in [-0.25, -0.2) is 0 Å². The zero-order valence-electron chi connectivity index (χ0n) is 7.55. The molecule has 6 heteroatoms. The summed E-state index contributed by atoms with van der Waals surface area (Å²) in [5.41, 5.74) is 0.339. The van der Waals surface area contributed by atoms with Gasteiger partial charge < -0.3 is 10.3 Å². The molecular weight excluding hydrogens is 236 g/mol. The van der Waals surface area contributed by atoms with Crippen LogP contribution in [0.1, 0.15) is 5.56 Å². The van der Waals surface area contributed by atoms with Gasteiger partial charge in [0, 0.05) is 29.6 Å². The molecule has 0 aliphatic carbocycles. The number of rotatable bonds is 0. The molecule has 14 heavy (non-hydrogen) atoms. The van der Waals surface area contributed by atoms with Gasteiger partial charge in [0.15, 0.2) is 0 Å². The van der Waals surface area contributed by atoms with E-state index in [1.165, 1.54) is 0 Å². The SMILES string of the molecule is C=O.N#Cc1c(Cl)cccc1Cl.O.[Na]. The first-order valence-electron chi connectivity index (χ1n) is 2.88. The van der Waals surface area contributed by atoms with Crippen LogP contribution in [0.15, 0.2) is 18.2 Å². The summed E-state index contributed by atoms with van der Waals surface area (Å²) in [7, 11) is 0. The van der Waals surface area contributed by atoms with E-state index in [1.54, 1.807) is 18.2 Å². The first-order valence-corrected chi connectivity index (χ1v) is 3.64. The third-order valence-corrected chi connectivity index (χ3v) is 1.70. The number of nitrogens with zero attached hydrogens (tertiary/aromatic N) is 1. The molecule has 0 saturated heterocycles. The van der Waals surface area contributed by atoms with Crippen LogP contribution in [0.3, 0.4) is 0 Å². The van der Waals surface area contributed by atoms with Gasteiger partial charge in [-0.05, 0) is 12.1 Å². The fourth-order valence-electron chi connectivity index (χ4n) is 0.605. The second kappa shape index (κ2) is 11.0. The Labute approximate surface area is 114 Å². The predicted molar refractivity (Wildman–Crippen MR) is 57.7 cm³/mol. The van der Waals surface area contributed by atoms with Crippen molar-refractivity contribution in [2.24, 2.45) is 0 Å². The van der Waals surface area contributed by atoms with Crippen molar-refractivity contribution in [3.63, 3.8) is 0 Å². The standard InChI is InChI=1S/C7H3Cl2N.CH2O.Na.H2O/c8-6-2-1-3-7(9)5(6)4-10;1-2;;/h1-3H;1H2;;1H2. The van der Waals surface area contributed by atoms with Crippen LogP contribution in [0.2, 0.25) is 10.0 Å². The van der Waals surface area contributed by atoms with Crippen LogP contribution < -0.4 is 0 Å². The summed E-state index contributed by atoms with van der Waals surface area (Å²) in [6, 6.07) is 6.86. The van der Waals surface area contributed by atoms with Crippen LogP contribution in [-0.4, -0.2) is 41.8 Å². The number of carbonyl (C=O) groups excluding carboxylic acids is 1. The molecule has 1 aromatic carbocycles. The minimum atomic E-state index is 0. The van der Waals surface area contributed by atoms with Gasteiger partial charge in [-0.3, -0.25) is 0 Å². The summed E-state index contributed by atoms with van der Waals surface area (Å²) in [6.07, 6.45) is 0. The van der Waals surface area contributed by atoms with Crippen LogP contribution in [0, 0.1) is 11.3 Å². The molecule has 3 nitrogen and oxygen atoms in total. The monoisotopic (exact) mass is 242 g/mol. The summed E-state index contributed by atoms with van der Waals surface area (Å²) in [6.45, 7) is 2.00. The first-order chi connectivity index (χ1) is 5.75. The minimum absolute atomic E-state index is 0. The normalized spacial score (nSPS) is 6.64. The summed E-state index contributed by atoms with van der Waals surface area (Å²) >= 11 is 11.2. The smallest absolute Gasteiger partial charge is 0.106 e. The van der Waals surface area contributed by atoms with E-state index in [9.17, 15) is 0 Å². The molecule has 0 saturated carbocycles. The van der Waals surface area contributed by atoms with E-state index in [0.717, 1.165) is 0 Å². The van der Waals surface area contributed by atoms with Gasteiger partial charge >= 0.3 is 0 Å². The van der Waals surface area contributed by atoms with Gasteiger partial charge in [-0.1, -0.05) is 29.3 Å². The molecule has 0 atom stereocenters. The van der Waals surface area contributed by atoms with Crippen LogP contribution in [0.25, 0.3) is 0 Å². The third-order valence-electron chi connectivity index (χ3n) is 1.07. The van der Waals surface area contributed by atoms with Gasteiger partial charge in [-0.2, -0.15) is 5.26 Å². The maximum absolute atomic E-state index is 8.48. The fourth-order valence-corrected chi connectivity index (χ4v) is 1.09. The Bertz CT molecular complexity index is 294. The van der Waals surface area contributed by atoms with E-state index in [0.29, 0.717) is 15.6 Å². The molecule has 0 heterocycles. The summed E-state index contributed by atoms with van der Waals surface area (Å²) in [5, 5.41) is 9.28. The molecular formula is C8H7Cl2NNaO2. The average molecular weight is 243 g/mol. The summed E-state index contributed by atoms with van der Waals surface area (Å²) < 4.78 is 0. The molecule has 0 unspecified atom stereocenters. The maximum Gasteiger partial charge on any atom is 0.106 e. The third kappa shape index (κ3) is 5.61. The summed E-state index contributed by atoms with van der Waals surface area (Å²) in [4.78, 5) is 8.00. The van der Waals surface area contributed by atoms with Crippen molar-refractivity contribution in [3.8, 4) is 6.07 Å². The number of nitriles is 1. The maximum atomic E-state index is 8.48. The molecule has 1 rings (SSSR count). The van der Waals surface area contributed by atoms with Crippen molar-refractivity contribution in [1.82, 2.24) is 0 Å². The molecule has 0 fully saturated rings. The molecule has 0 aliphatic rings. The number of carbonyl (C=O) groups is 1. The number of halogens is 2. The van der Waals surface area contributed by atoms with Gasteiger partial charge in [0.1, 0.15) is 12.9 Å². The van der Waals surface area contributed by atoms with Gasteiger partial charge in [0.2, 0.25) is 0 Å². The van der Waals surface area contributed by atoms with Crippen molar-refractivity contribution in [3.05, 3.63) is 33.8 Å². The zero-order chi connectivity index (χ0) is 9.56. The van der Waals surface area contributed by atoms with Crippen molar-refractivity contribution >= 4 is 59.5 Å². The molecule has 0 amide bonds. The van der Waals surface area contributed by atoms with Crippen molar-refractivity contribution in [2.75, 3.05) is 0 Å². The fraction of sp³-hybridized carbons (Fsp3) is 0. The largest absolute Gasteiger partial charge is 0.412 e. The molecule has 0 spiro atoms. The number of hydrogen-bond donors (Lipinski definition) is 0. The van der Waals surface area contributed by atoms with E-state index in [-0.39, 0.29) is 35.0 Å². The van der Waals surface area contributed by atoms with Gasteiger partial charge in [0.25, 0.3) is 0 Å². The van der Waals surface area contributed by atoms with Crippen LogP contribution >= 0.6 is 23.2 Å². The zero-order valence-corrected chi connectivity index (χ0v) is 11.1. The Morgan fingerprint density at radius 3 is 1.79 bits per heavy atom. The first kappa shape index (κ1) is 19.5. The molecule has 2 N–H and O–H groups in total. The second-order valence-electron chi connectivity index (χ2n) is 1.71. The van der Waals surface area contributed by atoms with E-state index in [4.69, 9.17) is 33.3 Å². The molecule has 0 aliphatic heterocycles. The molecule has 1 aromatic rings. The summed E-state index contributed by atoms with van der Waals surface area (Å²) in [5.74, 6) is 0. The average Bonchev–Trinajstić information content (AvgIpc) is 2.08.